The van der Waals surface area contributed by atoms with Crippen molar-refractivity contribution in [3.05, 3.63) is 59.5 Å². The fourth-order valence-corrected chi connectivity index (χ4v) is 6.54. The zero-order valence-corrected chi connectivity index (χ0v) is 22.4. The van der Waals surface area contributed by atoms with E-state index in [4.69, 9.17) is 14.2 Å². The SMILES string of the molecule is Cc1noc(C)c1-c1ccc2nc(C3CCCN(C(=O)O)C3C(C)(C)C)n3c2c1OC[C@@H]3c1ccccn1. The van der Waals surface area contributed by atoms with E-state index in [9.17, 15) is 9.90 Å². The molecule has 3 atom stereocenters. The molecule has 2 aliphatic rings. The van der Waals surface area contributed by atoms with Crippen molar-refractivity contribution in [1.29, 1.82) is 0 Å². The molecular formula is C29H33N5O4. The number of rotatable bonds is 3. The van der Waals surface area contributed by atoms with Crippen LogP contribution < -0.4 is 4.74 Å². The number of nitrogens with zero attached hydrogens (tertiary/aromatic N) is 5. The maximum atomic E-state index is 12.4. The zero-order valence-electron chi connectivity index (χ0n) is 22.4. The highest BCUT2D eigenvalue weighted by Gasteiger charge is 2.45. The van der Waals surface area contributed by atoms with Gasteiger partial charge in [0.25, 0.3) is 0 Å². The highest BCUT2D eigenvalue weighted by Crippen LogP contribution is 2.48. The van der Waals surface area contributed by atoms with Gasteiger partial charge in [-0.15, -0.1) is 0 Å². The summed E-state index contributed by atoms with van der Waals surface area (Å²) >= 11 is 0. The summed E-state index contributed by atoms with van der Waals surface area (Å²) in [5, 5.41) is 14.3. The molecule has 4 aromatic rings. The number of ether oxygens (including phenoxy) is 1. The van der Waals surface area contributed by atoms with E-state index < -0.39 is 6.09 Å². The van der Waals surface area contributed by atoms with Crippen LogP contribution in [-0.2, 0) is 0 Å². The third kappa shape index (κ3) is 3.75. The molecule has 38 heavy (non-hydrogen) atoms. The van der Waals surface area contributed by atoms with Crippen LogP contribution in [0.2, 0.25) is 0 Å². The molecule has 3 aromatic heterocycles. The van der Waals surface area contributed by atoms with Gasteiger partial charge in [0, 0.05) is 30.3 Å². The number of imidazole rings is 1. The molecular weight excluding hydrogens is 482 g/mol. The molecule has 0 saturated carbocycles. The van der Waals surface area contributed by atoms with Crippen molar-refractivity contribution in [3.63, 3.8) is 0 Å². The topological polar surface area (TPSA) is 107 Å². The Bertz CT molecular complexity index is 1500. The molecule has 1 fully saturated rings. The third-order valence-electron chi connectivity index (χ3n) is 7.96. The normalized spacial score (nSPS) is 21.5. The van der Waals surface area contributed by atoms with Crippen molar-refractivity contribution < 1.29 is 19.2 Å². The molecule has 0 radical (unpaired) electrons. The first-order valence-electron chi connectivity index (χ1n) is 13.2. The Labute approximate surface area is 221 Å². The minimum Gasteiger partial charge on any atom is -0.488 e. The first-order valence-corrected chi connectivity index (χ1v) is 13.2. The Morgan fingerprint density at radius 3 is 2.63 bits per heavy atom. The van der Waals surface area contributed by atoms with Crippen molar-refractivity contribution in [3.8, 4) is 16.9 Å². The third-order valence-corrected chi connectivity index (χ3v) is 7.96. The van der Waals surface area contributed by atoms with Gasteiger partial charge in [-0.05, 0) is 56.4 Å². The van der Waals surface area contributed by atoms with Crippen molar-refractivity contribution in [2.24, 2.45) is 5.41 Å². The number of aromatic nitrogens is 4. The molecule has 1 aromatic carbocycles. The number of piperidine rings is 1. The van der Waals surface area contributed by atoms with Crippen molar-refractivity contribution in [2.45, 2.75) is 65.5 Å². The summed E-state index contributed by atoms with van der Waals surface area (Å²) in [5.41, 5.74) is 4.99. The van der Waals surface area contributed by atoms with E-state index in [1.807, 2.05) is 44.2 Å². The summed E-state index contributed by atoms with van der Waals surface area (Å²) < 4.78 is 14.3. The first-order chi connectivity index (χ1) is 18.2. The molecule has 5 heterocycles. The number of likely N-dealkylation sites (tertiary alicyclic amines) is 1. The summed E-state index contributed by atoms with van der Waals surface area (Å²) in [6, 6.07) is 9.54. The number of hydrogen-bond donors (Lipinski definition) is 1. The summed E-state index contributed by atoms with van der Waals surface area (Å²) in [5.74, 6) is 2.30. The van der Waals surface area contributed by atoms with E-state index in [1.165, 1.54) is 0 Å². The molecule has 9 nitrogen and oxygen atoms in total. The molecule has 9 heteroatoms. The van der Waals surface area contributed by atoms with Gasteiger partial charge in [-0.2, -0.15) is 0 Å². The largest absolute Gasteiger partial charge is 0.488 e. The van der Waals surface area contributed by atoms with Gasteiger partial charge in [-0.25, -0.2) is 9.78 Å². The van der Waals surface area contributed by atoms with Crippen molar-refractivity contribution in [1.82, 2.24) is 24.6 Å². The quantitative estimate of drug-likeness (QED) is 0.359. The molecule has 2 aliphatic heterocycles. The lowest BCUT2D eigenvalue weighted by atomic mass is 9.73. The lowest BCUT2D eigenvalue weighted by Crippen LogP contribution is -2.53. The smallest absolute Gasteiger partial charge is 0.407 e. The summed E-state index contributed by atoms with van der Waals surface area (Å²) in [4.78, 5) is 23.9. The van der Waals surface area contributed by atoms with E-state index in [1.54, 1.807) is 11.1 Å². The number of benzene rings is 1. The number of pyridine rings is 1. The summed E-state index contributed by atoms with van der Waals surface area (Å²) in [6.45, 7) is 11.1. The monoisotopic (exact) mass is 515 g/mol. The number of amides is 1. The molecule has 0 bridgehead atoms. The van der Waals surface area contributed by atoms with E-state index in [2.05, 4.69) is 35.5 Å². The van der Waals surface area contributed by atoms with Crippen LogP contribution in [0.15, 0.2) is 41.1 Å². The number of hydrogen-bond acceptors (Lipinski definition) is 6. The van der Waals surface area contributed by atoms with E-state index in [-0.39, 0.29) is 23.4 Å². The highest BCUT2D eigenvalue weighted by molar-refractivity contribution is 5.93. The summed E-state index contributed by atoms with van der Waals surface area (Å²) in [7, 11) is 0. The minimum absolute atomic E-state index is 0.0769. The van der Waals surface area contributed by atoms with Crippen LogP contribution in [0, 0.1) is 19.3 Å². The van der Waals surface area contributed by atoms with Crippen LogP contribution in [0.4, 0.5) is 4.79 Å². The van der Waals surface area contributed by atoms with Gasteiger partial charge in [0.05, 0.1) is 22.5 Å². The molecule has 198 valence electrons. The fraction of sp³-hybridized carbons (Fsp3) is 0.448. The van der Waals surface area contributed by atoms with Gasteiger partial charge < -0.3 is 23.8 Å². The van der Waals surface area contributed by atoms with Gasteiger partial charge in [0.2, 0.25) is 0 Å². The van der Waals surface area contributed by atoms with Gasteiger partial charge in [-0.1, -0.05) is 32.0 Å². The molecule has 2 unspecified atom stereocenters. The Balaban J connectivity index is 1.62. The predicted octanol–water partition coefficient (Wildman–Crippen LogP) is 5.96. The number of aryl methyl sites for hydroxylation is 2. The lowest BCUT2D eigenvalue weighted by molar-refractivity contribution is 0.0424. The maximum Gasteiger partial charge on any atom is 0.407 e. The van der Waals surface area contributed by atoms with Gasteiger partial charge >= 0.3 is 6.09 Å². The molecule has 6 rings (SSSR count). The molecule has 1 saturated heterocycles. The van der Waals surface area contributed by atoms with Gasteiger partial charge in [-0.3, -0.25) is 4.98 Å². The van der Waals surface area contributed by atoms with E-state index in [0.717, 1.165) is 63.7 Å². The minimum atomic E-state index is -0.879. The number of carbonyl (C=O) groups is 1. The highest BCUT2D eigenvalue weighted by atomic mass is 16.5. The fourth-order valence-electron chi connectivity index (χ4n) is 6.54. The predicted molar refractivity (Wildman–Crippen MR) is 143 cm³/mol. The second kappa shape index (κ2) is 8.85. The van der Waals surface area contributed by atoms with Crippen LogP contribution in [0.5, 0.6) is 5.75 Å². The molecule has 1 amide bonds. The van der Waals surface area contributed by atoms with Crippen LogP contribution in [-0.4, -0.2) is 55.0 Å². The van der Waals surface area contributed by atoms with Crippen LogP contribution in [0.25, 0.3) is 22.2 Å². The van der Waals surface area contributed by atoms with E-state index in [0.29, 0.717) is 13.2 Å². The molecule has 0 spiro atoms. The number of carboxylic acid groups (broad SMARTS) is 1. The Kier molecular flexibility index (Phi) is 5.70. The van der Waals surface area contributed by atoms with Crippen molar-refractivity contribution >= 4 is 17.1 Å². The van der Waals surface area contributed by atoms with Crippen LogP contribution >= 0.6 is 0 Å². The van der Waals surface area contributed by atoms with Crippen LogP contribution in [0.3, 0.4) is 0 Å². The standard InChI is InChI=1S/C29H33N5O4/c1-16-23(17(2)38-32-16)18-11-12-21-24-25(18)37-15-22(20-10-6-7-13-30-20)34(24)27(31-21)19-9-8-14-33(28(35)36)26(19)29(3,4)5/h6-7,10-13,19,22,26H,8-9,14-15H2,1-5H3,(H,35,36)/t19?,22-,26?/m1/s1. The van der Waals surface area contributed by atoms with E-state index >= 15 is 0 Å². The Morgan fingerprint density at radius 1 is 1.16 bits per heavy atom. The average Bonchev–Trinajstić information content (AvgIpc) is 3.45. The summed E-state index contributed by atoms with van der Waals surface area (Å²) in [6.07, 6.45) is 2.56. The molecule has 0 aliphatic carbocycles. The zero-order chi connectivity index (χ0) is 26.8. The second-order valence-electron chi connectivity index (χ2n) is 11.5. The van der Waals surface area contributed by atoms with Crippen LogP contribution in [0.1, 0.15) is 68.5 Å². The van der Waals surface area contributed by atoms with Gasteiger partial charge in [0.15, 0.2) is 5.75 Å². The van der Waals surface area contributed by atoms with Crippen molar-refractivity contribution in [2.75, 3.05) is 13.2 Å². The first kappa shape index (κ1) is 24.5. The van der Waals surface area contributed by atoms with Gasteiger partial charge in [0.1, 0.15) is 29.8 Å². The second-order valence-corrected chi connectivity index (χ2v) is 11.5. The lowest BCUT2D eigenvalue weighted by Gasteiger charge is -2.46. The Hall–Kier alpha value is -3.88. The Morgan fingerprint density at radius 2 is 1.97 bits per heavy atom. The average molecular weight is 516 g/mol. The maximum absolute atomic E-state index is 12.4. The molecule has 1 N–H and O–H groups in total.